The second-order valence-corrected chi connectivity index (χ2v) is 4.76. The number of methoxy groups -OCH3 is 1. The van der Waals surface area contributed by atoms with Gasteiger partial charge in [-0.05, 0) is 35.0 Å². The molecule has 2 rings (SSSR count). The van der Waals surface area contributed by atoms with E-state index < -0.39 is 0 Å². The van der Waals surface area contributed by atoms with Gasteiger partial charge in [0.25, 0.3) is 0 Å². The maximum absolute atomic E-state index is 5.26. The Balaban J connectivity index is 2.28. The van der Waals surface area contributed by atoms with Gasteiger partial charge in [0.2, 0.25) is 0 Å². The van der Waals surface area contributed by atoms with E-state index in [1.54, 1.807) is 7.11 Å². The predicted molar refractivity (Wildman–Crippen MR) is 80.3 cm³/mol. The summed E-state index contributed by atoms with van der Waals surface area (Å²) in [6.45, 7) is 1.86. The fourth-order valence-corrected chi connectivity index (χ4v) is 2.05. The Hall–Kier alpha value is -1.82. The van der Waals surface area contributed by atoms with Crippen LogP contribution in [0.4, 0.5) is 17.3 Å². The Labute approximate surface area is 120 Å². The van der Waals surface area contributed by atoms with Crippen molar-refractivity contribution in [3.8, 4) is 5.75 Å². The summed E-state index contributed by atoms with van der Waals surface area (Å²) >= 11 is 3.42. The molecule has 5 nitrogen and oxygen atoms in total. The molecule has 0 aliphatic heterocycles. The summed E-state index contributed by atoms with van der Waals surface area (Å²) in [5.74, 6) is 2.99. The van der Waals surface area contributed by atoms with Gasteiger partial charge in [-0.2, -0.15) is 0 Å². The summed E-state index contributed by atoms with van der Waals surface area (Å²) in [7, 11) is 3.46. The molecule has 0 saturated carbocycles. The van der Waals surface area contributed by atoms with Gasteiger partial charge in [0.05, 0.1) is 11.6 Å². The fraction of sp³-hybridized carbons (Fsp3) is 0.231. The van der Waals surface area contributed by atoms with E-state index in [9.17, 15) is 0 Å². The molecule has 100 valence electrons. The maximum atomic E-state index is 5.26. The van der Waals surface area contributed by atoms with Crippen molar-refractivity contribution in [1.82, 2.24) is 9.97 Å². The largest absolute Gasteiger partial charge is 0.495 e. The summed E-state index contributed by atoms with van der Waals surface area (Å²) in [6, 6.07) is 7.62. The Kier molecular flexibility index (Phi) is 4.21. The Bertz CT molecular complexity index is 589. The van der Waals surface area contributed by atoms with Crippen LogP contribution in [-0.4, -0.2) is 24.1 Å². The highest BCUT2D eigenvalue weighted by molar-refractivity contribution is 9.10. The quantitative estimate of drug-likeness (QED) is 0.904. The topological polar surface area (TPSA) is 59.1 Å². The summed E-state index contributed by atoms with van der Waals surface area (Å²) < 4.78 is 6.17. The van der Waals surface area contributed by atoms with Crippen molar-refractivity contribution in [3.63, 3.8) is 0 Å². The van der Waals surface area contributed by atoms with Gasteiger partial charge >= 0.3 is 0 Å². The third-order valence-corrected chi connectivity index (χ3v) is 3.17. The SMILES string of the molecule is CNc1cc(Nc2ccc(Br)c(OC)c2)nc(C)n1. The first-order chi connectivity index (χ1) is 9.12. The molecule has 1 aromatic heterocycles. The smallest absolute Gasteiger partial charge is 0.136 e. The average Bonchev–Trinajstić information content (AvgIpc) is 2.40. The number of halogens is 1. The molecule has 0 aliphatic carbocycles. The molecule has 1 aromatic carbocycles. The van der Waals surface area contributed by atoms with Crippen molar-refractivity contribution in [2.75, 3.05) is 24.8 Å². The third kappa shape index (κ3) is 3.35. The second kappa shape index (κ2) is 5.88. The van der Waals surface area contributed by atoms with Crippen LogP contribution in [0, 0.1) is 6.92 Å². The minimum Gasteiger partial charge on any atom is -0.495 e. The molecule has 0 amide bonds. The van der Waals surface area contributed by atoms with Crippen LogP contribution in [0.15, 0.2) is 28.7 Å². The third-order valence-electron chi connectivity index (χ3n) is 2.52. The van der Waals surface area contributed by atoms with Gasteiger partial charge in [-0.3, -0.25) is 0 Å². The molecule has 0 fully saturated rings. The van der Waals surface area contributed by atoms with Crippen LogP contribution in [0.1, 0.15) is 5.82 Å². The number of hydrogen-bond donors (Lipinski definition) is 2. The Morgan fingerprint density at radius 2 is 1.89 bits per heavy atom. The summed E-state index contributed by atoms with van der Waals surface area (Å²) in [4.78, 5) is 8.59. The van der Waals surface area contributed by atoms with E-state index >= 15 is 0 Å². The molecule has 6 heteroatoms. The number of ether oxygens (including phenoxy) is 1. The van der Waals surface area contributed by atoms with Crippen LogP contribution >= 0.6 is 15.9 Å². The van der Waals surface area contributed by atoms with E-state index in [-0.39, 0.29) is 0 Å². The minimum atomic E-state index is 0.707. The van der Waals surface area contributed by atoms with E-state index in [2.05, 4.69) is 36.5 Å². The lowest BCUT2D eigenvalue weighted by molar-refractivity contribution is 0.412. The molecule has 0 bridgehead atoms. The molecule has 0 spiro atoms. The minimum absolute atomic E-state index is 0.707. The molecular weight excluding hydrogens is 308 g/mol. The highest BCUT2D eigenvalue weighted by Crippen LogP contribution is 2.29. The second-order valence-electron chi connectivity index (χ2n) is 3.91. The molecule has 0 atom stereocenters. The van der Waals surface area contributed by atoms with Crippen LogP contribution in [0.2, 0.25) is 0 Å². The fourth-order valence-electron chi connectivity index (χ4n) is 1.65. The molecule has 0 radical (unpaired) electrons. The molecule has 19 heavy (non-hydrogen) atoms. The molecule has 0 saturated heterocycles. The number of rotatable bonds is 4. The van der Waals surface area contributed by atoms with Crippen molar-refractivity contribution in [3.05, 3.63) is 34.6 Å². The first-order valence-electron chi connectivity index (χ1n) is 5.76. The van der Waals surface area contributed by atoms with E-state index in [1.165, 1.54) is 0 Å². The Morgan fingerprint density at radius 1 is 1.16 bits per heavy atom. The average molecular weight is 323 g/mol. The maximum Gasteiger partial charge on any atom is 0.136 e. The molecule has 2 aromatic rings. The summed E-state index contributed by atoms with van der Waals surface area (Å²) in [5, 5.41) is 6.23. The standard InChI is InChI=1S/C13H15BrN4O/c1-8-16-12(15-2)7-13(17-8)18-9-4-5-10(14)11(6-9)19-3/h4-7H,1-3H3,(H2,15,16,17,18). The van der Waals surface area contributed by atoms with Gasteiger partial charge in [-0.15, -0.1) is 0 Å². The zero-order valence-corrected chi connectivity index (χ0v) is 12.6. The van der Waals surface area contributed by atoms with Crippen LogP contribution in [0.5, 0.6) is 5.75 Å². The van der Waals surface area contributed by atoms with Gasteiger partial charge < -0.3 is 15.4 Å². The lowest BCUT2D eigenvalue weighted by atomic mass is 10.3. The highest BCUT2D eigenvalue weighted by Gasteiger charge is 2.04. The highest BCUT2D eigenvalue weighted by atomic mass is 79.9. The molecular formula is C13H15BrN4O. The number of nitrogens with zero attached hydrogens (tertiary/aromatic N) is 2. The number of hydrogen-bond acceptors (Lipinski definition) is 5. The first-order valence-corrected chi connectivity index (χ1v) is 6.55. The normalized spacial score (nSPS) is 10.1. The molecule has 0 aliphatic rings. The monoisotopic (exact) mass is 322 g/mol. The van der Waals surface area contributed by atoms with Gasteiger partial charge in [0.15, 0.2) is 0 Å². The number of nitrogens with one attached hydrogen (secondary N) is 2. The summed E-state index contributed by atoms with van der Waals surface area (Å²) in [5.41, 5.74) is 0.903. The van der Waals surface area contributed by atoms with Crippen LogP contribution in [0.3, 0.4) is 0 Å². The van der Waals surface area contributed by atoms with Crippen molar-refractivity contribution < 1.29 is 4.74 Å². The van der Waals surface area contributed by atoms with Gasteiger partial charge in [-0.1, -0.05) is 0 Å². The van der Waals surface area contributed by atoms with E-state index in [1.807, 2.05) is 38.2 Å². The zero-order valence-electron chi connectivity index (χ0n) is 11.0. The number of aryl methyl sites for hydroxylation is 1. The number of anilines is 3. The summed E-state index contributed by atoms with van der Waals surface area (Å²) in [6.07, 6.45) is 0. The van der Waals surface area contributed by atoms with Gasteiger partial charge in [-0.25, -0.2) is 9.97 Å². The molecule has 2 N–H and O–H groups in total. The number of aromatic nitrogens is 2. The van der Waals surface area contributed by atoms with Crippen LogP contribution in [0.25, 0.3) is 0 Å². The predicted octanol–water partition coefficient (Wildman–Crippen LogP) is 3.34. The van der Waals surface area contributed by atoms with Gasteiger partial charge in [0, 0.05) is 24.9 Å². The Morgan fingerprint density at radius 3 is 2.58 bits per heavy atom. The van der Waals surface area contributed by atoms with E-state index in [0.29, 0.717) is 5.82 Å². The van der Waals surface area contributed by atoms with E-state index in [4.69, 9.17) is 4.74 Å². The van der Waals surface area contributed by atoms with Crippen LogP contribution < -0.4 is 15.4 Å². The van der Waals surface area contributed by atoms with Crippen molar-refractivity contribution in [2.24, 2.45) is 0 Å². The van der Waals surface area contributed by atoms with Crippen molar-refractivity contribution >= 4 is 33.3 Å². The van der Waals surface area contributed by atoms with Crippen molar-refractivity contribution in [2.45, 2.75) is 6.92 Å². The lowest BCUT2D eigenvalue weighted by Crippen LogP contribution is -2.01. The van der Waals surface area contributed by atoms with Gasteiger partial charge in [0.1, 0.15) is 23.2 Å². The first kappa shape index (κ1) is 13.6. The molecule has 0 unspecified atom stereocenters. The zero-order chi connectivity index (χ0) is 13.8. The van der Waals surface area contributed by atoms with Crippen molar-refractivity contribution in [1.29, 1.82) is 0 Å². The molecule has 1 heterocycles. The number of benzene rings is 1. The lowest BCUT2D eigenvalue weighted by Gasteiger charge is -2.10. The van der Waals surface area contributed by atoms with E-state index in [0.717, 1.165) is 27.5 Å². The van der Waals surface area contributed by atoms with Crippen LogP contribution in [-0.2, 0) is 0 Å².